The van der Waals surface area contributed by atoms with Gasteiger partial charge in [0, 0.05) is 19.5 Å². The zero-order valence-corrected chi connectivity index (χ0v) is 15.5. The van der Waals surface area contributed by atoms with Crippen LogP contribution < -0.4 is 5.32 Å². The minimum atomic E-state index is -1.12. The number of hydrogen-bond donors (Lipinski definition) is 2. The summed E-state index contributed by atoms with van der Waals surface area (Å²) in [5.74, 6) is -0.377. The van der Waals surface area contributed by atoms with Crippen molar-refractivity contribution in [1.82, 2.24) is 10.2 Å². The first-order valence-corrected chi connectivity index (χ1v) is 8.22. The van der Waals surface area contributed by atoms with Gasteiger partial charge < -0.3 is 10.4 Å². The van der Waals surface area contributed by atoms with Crippen molar-refractivity contribution in [3.8, 4) is 0 Å². The van der Waals surface area contributed by atoms with Crippen molar-refractivity contribution >= 4 is 35.2 Å². The van der Waals surface area contributed by atoms with Gasteiger partial charge in [-0.1, -0.05) is 49.2 Å². The maximum Gasteiger partial charge on any atom is 0.407 e. The average molecular weight is 373 g/mol. The van der Waals surface area contributed by atoms with Gasteiger partial charge in [-0.3, -0.25) is 9.69 Å². The van der Waals surface area contributed by atoms with E-state index < -0.39 is 11.6 Å². The molecule has 1 unspecified atom stereocenters. The molecule has 0 aliphatic rings. The molecule has 7 heteroatoms. The third-order valence-corrected chi connectivity index (χ3v) is 4.69. The molecule has 0 aliphatic heterocycles. The molecule has 2 amide bonds. The van der Waals surface area contributed by atoms with E-state index in [1.807, 2.05) is 0 Å². The minimum absolute atomic E-state index is 0.0940. The summed E-state index contributed by atoms with van der Waals surface area (Å²) in [5.41, 5.74) is -0.405. The van der Waals surface area contributed by atoms with Gasteiger partial charge in [-0.15, -0.1) is 6.58 Å². The first kappa shape index (κ1) is 20.3. The Morgan fingerprint density at radius 2 is 2.00 bits per heavy atom. The second kappa shape index (κ2) is 8.40. The van der Waals surface area contributed by atoms with E-state index in [1.54, 1.807) is 38.1 Å². The number of hydrogen-bond acceptors (Lipinski definition) is 2. The Kier molecular flexibility index (Phi) is 7.11. The predicted octanol–water partition coefficient (Wildman–Crippen LogP) is 4.15. The molecular formula is C17H22Cl2N2O3. The second-order valence-corrected chi connectivity index (χ2v) is 6.68. The normalized spacial score (nSPS) is 13.2. The lowest BCUT2D eigenvalue weighted by Gasteiger charge is -2.40. The Balaban J connectivity index is 3.39. The summed E-state index contributed by atoms with van der Waals surface area (Å²) in [6.07, 6.45) is 0.789. The van der Waals surface area contributed by atoms with Gasteiger partial charge in [0.2, 0.25) is 5.91 Å². The Morgan fingerprint density at radius 3 is 2.46 bits per heavy atom. The second-order valence-electron chi connectivity index (χ2n) is 5.87. The number of rotatable bonds is 7. The maximum atomic E-state index is 12.0. The van der Waals surface area contributed by atoms with Crippen LogP contribution in [0.5, 0.6) is 0 Å². The molecule has 2 N–H and O–H groups in total. The van der Waals surface area contributed by atoms with E-state index in [1.165, 1.54) is 7.05 Å². The number of benzene rings is 1. The molecule has 0 spiro atoms. The number of carbonyl (C=O) groups excluding carboxylic acids is 1. The highest BCUT2D eigenvalue weighted by Crippen LogP contribution is 2.35. The molecular weight excluding hydrogens is 351 g/mol. The van der Waals surface area contributed by atoms with E-state index in [4.69, 9.17) is 23.2 Å². The Bertz CT molecular complexity index is 634. The van der Waals surface area contributed by atoms with Crippen LogP contribution >= 0.6 is 23.2 Å². The lowest BCUT2D eigenvalue weighted by molar-refractivity contribution is -0.124. The van der Waals surface area contributed by atoms with Crippen LogP contribution in [-0.4, -0.2) is 35.6 Å². The van der Waals surface area contributed by atoms with Crippen LogP contribution in [0.15, 0.2) is 30.9 Å². The molecule has 0 aliphatic carbocycles. The molecule has 0 aromatic heterocycles. The minimum Gasteiger partial charge on any atom is -0.465 e. The molecule has 0 saturated heterocycles. The first-order chi connectivity index (χ1) is 11.2. The molecule has 1 rings (SSSR count). The number of amides is 2. The van der Waals surface area contributed by atoms with E-state index in [-0.39, 0.29) is 18.4 Å². The summed E-state index contributed by atoms with van der Waals surface area (Å²) >= 11 is 12.1. The molecule has 1 aromatic rings. The Labute approximate surface area is 152 Å². The fourth-order valence-electron chi connectivity index (χ4n) is 2.39. The summed E-state index contributed by atoms with van der Waals surface area (Å²) < 4.78 is 0. The summed E-state index contributed by atoms with van der Waals surface area (Å²) in [5, 5.41) is 13.0. The lowest BCUT2D eigenvalue weighted by atomic mass is 9.84. The Hall–Kier alpha value is -1.72. The van der Waals surface area contributed by atoms with Crippen molar-refractivity contribution in [2.24, 2.45) is 5.92 Å². The third-order valence-electron chi connectivity index (χ3n) is 3.95. The van der Waals surface area contributed by atoms with Crippen molar-refractivity contribution < 1.29 is 14.7 Å². The third kappa shape index (κ3) is 4.42. The van der Waals surface area contributed by atoms with Gasteiger partial charge in [0.15, 0.2) is 0 Å². The molecule has 0 fully saturated rings. The van der Waals surface area contributed by atoms with Gasteiger partial charge in [-0.2, -0.15) is 0 Å². The molecule has 0 heterocycles. The van der Waals surface area contributed by atoms with Crippen LogP contribution in [0, 0.1) is 5.92 Å². The van der Waals surface area contributed by atoms with Crippen molar-refractivity contribution in [2.75, 3.05) is 13.6 Å². The average Bonchev–Trinajstić information content (AvgIpc) is 2.52. The van der Waals surface area contributed by atoms with E-state index in [9.17, 15) is 14.7 Å². The fraction of sp³-hybridized carbons (Fsp3) is 0.412. The number of nitrogens with one attached hydrogen (secondary N) is 1. The van der Waals surface area contributed by atoms with Gasteiger partial charge in [-0.05, 0) is 24.1 Å². The first-order valence-electron chi connectivity index (χ1n) is 7.46. The molecule has 132 valence electrons. The van der Waals surface area contributed by atoms with Crippen LogP contribution in [0.3, 0.4) is 0 Å². The van der Waals surface area contributed by atoms with Gasteiger partial charge in [0.1, 0.15) is 0 Å². The zero-order valence-electron chi connectivity index (χ0n) is 14.0. The smallest absolute Gasteiger partial charge is 0.407 e. The van der Waals surface area contributed by atoms with E-state index in [0.717, 1.165) is 4.90 Å². The van der Waals surface area contributed by atoms with Crippen LogP contribution in [0.2, 0.25) is 10.0 Å². The molecule has 5 nitrogen and oxygen atoms in total. The molecule has 0 radical (unpaired) electrons. The van der Waals surface area contributed by atoms with Crippen molar-refractivity contribution in [2.45, 2.75) is 25.8 Å². The number of likely N-dealkylation sites (N-methyl/N-ethyl adjacent to an activating group) is 1. The number of carbonyl (C=O) groups is 2. The number of carboxylic acid groups (broad SMARTS) is 1. The standard InChI is InChI=1S/C17H22Cl2N2O3/c1-5-8-17(21(4)16(23)24,10-20-15(22)11(2)3)12-6-7-13(18)14(19)9-12/h5-7,9,11H,1,8,10H2,2-4H3,(H,20,22)(H,23,24). The van der Waals surface area contributed by atoms with Crippen LogP contribution in [-0.2, 0) is 10.3 Å². The number of nitrogens with zero attached hydrogens (tertiary/aromatic N) is 1. The van der Waals surface area contributed by atoms with E-state index in [0.29, 0.717) is 22.0 Å². The molecule has 24 heavy (non-hydrogen) atoms. The molecule has 1 aromatic carbocycles. The molecule has 0 saturated carbocycles. The highest BCUT2D eigenvalue weighted by molar-refractivity contribution is 6.42. The highest BCUT2D eigenvalue weighted by atomic mass is 35.5. The summed E-state index contributed by atoms with van der Waals surface area (Å²) in [6, 6.07) is 4.93. The lowest BCUT2D eigenvalue weighted by Crippen LogP contribution is -2.54. The predicted molar refractivity (Wildman–Crippen MR) is 96.6 cm³/mol. The van der Waals surface area contributed by atoms with Crippen LogP contribution in [0.4, 0.5) is 4.79 Å². The van der Waals surface area contributed by atoms with Crippen LogP contribution in [0.1, 0.15) is 25.8 Å². The fourth-order valence-corrected chi connectivity index (χ4v) is 2.68. The highest BCUT2D eigenvalue weighted by Gasteiger charge is 2.39. The topological polar surface area (TPSA) is 69.6 Å². The van der Waals surface area contributed by atoms with Crippen molar-refractivity contribution in [3.05, 3.63) is 46.5 Å². The van der Waals surface area contributed by atoms with E-state index >= 15 is 0 Å². The SMILES string of the molecule is C=CCC(CNC(=O)C(C)C)(c1ccc(Cl)c(Cl)c1)N(C)C(=O)O. The Morgan fingerprint density at radius 1 is 1.38 bits per heavy atom. The van der Waals surface area contributed by atoms with E-state index in [2.05, 4.69) is 11.9 Å². The molecule has 0 bridgehead atoms. The van der Waals surface area contributed by atoms with Crippen LogP contribution in [0.25, 0.3) is 0 Å². The summed E-state index contributed by atoms with van der Waals surface area (Å²) in [6.45, 7) is 7.35. The quantitative estimate of drug-likeness (QED) is 0.706. The molecule has 1 atom stereocenters. The monoisotopic (exact) mass is 372 g/mol. The van der Waals surface area contributed by atoms with Gasteiger partial charge in [-0.25, -0.2) is 4.79 Å². The maximum absolute atomic E-state index is 12.0. The summed E-state index contributed by atoms with van der Waals surface area (Å²) in [7, 11) is 1.45. The van der Waals surface area contributed by atoms with Gasteiger partial charge >= 0.3 is 6.09 Å². The van der Waals surface area contributed by atoms with Crippen molar-refractivity contribution in [1.29, 1.82) is 0 Å². The van der Waals surface area contributed by atoms with Crippen molar-refractivity contribution in [3.63, 3.8) is 0 Å². The van der Waals surface area contributed by atoms with Gasteiger partial charge in [0.05, 0.1) is 15.6 Å². The largest absolute Gasteiger partial charge is 0.465 e. The number of halogens is 2. The zero-order chi connectivity index (χ0) is 18.5. The van der Waals surface area contributed by atoms with Gasteiger partial charge in [0.25, 0.3) is 0 Å². The summed E-state index contributed by atoms with van der Waals surface area (Å²) in [4.78, 5) is 24.8.